The number of carbonyl (C=O) groups is 1. The predicted octanol–water partition coefficient (Wildman–Crippen LogP) is 1.44. The van der Waals surface area contributed by atoms with Crippen LogP contribution in [0.5, 0.6) is 0 Å². The van der Waals surface area contributed by atoms with Gasteiger partial charge in [-0.1, -0.05) is 15.9 Å². The maximum atomic E-state index is 11.1. The molecule has 0 aromatic rings. The molecule has 0 unspecified atom stereocenters. The fourth-order valence-electron chi connectivity index (χ4n) is 0.633. The molecule has 0 aromatic heterocycles. The van der Waals surface area contributed by atoms with Crippen molar-refractivity contribution in [1.29, 1.82) is 0 Å². The molecule has 0 aliphatic carbocycles. The van der Waals surface area contributed by atoms with E-state index in [4.69, 9.17) is 10.5 Å². The minimum Gasteiger partial charge on any atom is -0.459 e. The van der Waals surface area contributed by atoms with Gasteiger partial charge in [-0.15, -0.1) is 0 Å². The maximum Gasteiger partial charge on any atom is 0.306 e. The normalized spacial score (nSPS) is 11.3. The number of hydrogen-bond donors (Lipinski definition) is 1. The molecule has 72 valence electrons. The Bertz CT molecular complexity index is 148. The fraction of sp³-hybridized carbons (Fsp3) is 0.875. The van der Waals surface area contributed by atoms with Crippen molar-refractivity contribution in [1.82, 2.24) is 0 Å². The van der Waals surface area contributed by atoms with Crippen molar-refractivity contribution < 1.29 is 9.53 Å². The van der Waals surface area contributed by atoms with Crippen LogP contribution in [0.1, 0.15) is 26.7 Å². The second-order valence-electron chi connectivity index (χ2n) is 3.26. The highest BCUT2D eigenvalue weighted by atomic mass is 79.9. The Morgan fingerprint density at radius 2 is 2.17 bits per heavy atom. The molecule has 0 aromatic carbocycles. The lowest BCUT2D eigenvalue weighted by Crippen LogP contribution is -2.29. The topological polar surface area (TPSA) is 52.3 Å². The van der Waals surface area contributed by atoms with Crippen molar-refractivity contribution in [2.24, 2.45) is 5.73 Å². The molecule has 0 amide bonds. The summed E-state index contributed by atoms with van der Waals surface area (Å²) in [7, 11) is 0. The summed E-state index contributed by atoms with van der Waals surface area (Å²) >= 11 is 3.27. The number of halogens is 1. The standard InChI is InChI=1S/C8H16BrNO2/c1-8(2,6-9)12-7(11)4-3-5-10/h3-6,10H2,1-2H3. The molecular formula is C8H16BrNO2. The van der Waals surface area contributed by atoms with Crippen LogP contribution in [-0.4, -0.2) is 23.4 Å². The molecule has 2 N–H and O–H groups in total. The third-order valence-electron chi connectivity index (χ3n) is 1.30. The van der Waals surface area contributed by atoms with E-state index in [0.717, 1.165) is 0 Å². The smallest absolute Gasteiger partial charge is 0.306 e. The van der Waals surface area contributed by atoms with Gasteiger partial charge in [0.1, 0.15) is 5.60 Å². The van der Waals surface area contributed by atoms with Crippen LogP contribution in [0.15, 0.2) is 0 Å². The van der Waals surface area contributed by atoms with E-state index in [1.54, 1.807) is 0 Å². The second kappa shape index (κ2) is 5.54. The van der Waals surface area contributed by atoms with Gasteiger partial charge in [-0.25, -0.2) is 0 Å². The Morgan fingerprint density at radius 1 is 1.58 bits per heavy atom. The van der Waals surface area contributed by atoms with Gasteiger partial charge < -0.3 is 10.5 Å². The van der Waals surface area contributed by atoms with Crippen molar-refractivity contribution in [3.63, 3.8) is 0 Å². The van der Waals surface area contributed by atoms with Gasteiger partial charge in [-0.05, 0) is 26.8 Å². The molecule has 0 atom stereocenters. The summed E-state index contributed by atoms with van der Waals surface area (Å²) in [6.45, 7) is 4.26. The molecule has 0 spiro atoms. The van der Waals surface area contributed by atoms with Gasteiger partial charge in [-0.2, -0.15) is 0 Å². The third-order valence-corrected chi connectivity index (χ3v) is 2.65. The average Bonchev–Trinajstić information content (AvgIpc) is 2.00. The number of alkyl halides is 1. The monoisotopic (exact) mass is 237 g/mol. The first-order chi connectivity index (χ1) is 5.52. The van der Waals surface area contributed by atoms with Crippen LogP contribution in [0, 0.1) is 0 Å². The molecule has 0 aliphatic rings. The number of ether oxygens (including phenoxy) is 1. The summed E-state index contributed by atoms with van der Waals surface area (Å²) in [5.74, 6) is -0.176. The highest BCUT2D eigenvalue weighted by Crippen LogP contribution is 2.13. The predicted molar refractivity (Wildman–Crippen MR) is 52.3 cm³/mol. The first kappa shape index (κ1) is 11.9. The lowest BCUT2D eigenvalue weighted by molar-refractivity contribution is -0.154. The van der Waals surface area contributed by atoms with Crippen molar-refractivity contribution >= 4 is 21.9 Å². The van der Waals surface area contributed by atoms with Crippen LogP contribution in [0.25, 0.3) is 0 Å². The fourth-order valence-corrected chi connectivity index (χ4v) is 0.747. The second-order valence-corrected chi connectivity index (χ2v) is 3.82. The molecule has 0 saturated carbocycles. The molecule has 4 heteroatoms. The van der Waals surface area contributed by atoms with Crippen LogP contribution < -0.4 is 5.73 Å². The minimum atomic E-state index is -0.411. The highest BCUT2D eigenvalue weighted by Gasteiger charge is 2.20. The number of nitrogens with two attached hydrogens (primary N) is 1. The van der Waals surface area contributed by atoms with Crippen LogP contribution in [0.4, 0.5) is 0 Å². The van der Waals surface area contributed by atoms with Gasteiger partial charge in [0.2, 0.25) is 0 Å². The molecule has 0 rings (SSSR count). The lowest BCUT2D eigenvalue weighted by atomic mass is 10.2. The van der Waals surface area contributed by atoms with Gasteiger partial charge in [-0.3, -0.25) is 4.79 Å². The van der Waals surface area contributed by atoms with E-state index in [-0.39, 0.29) is 5.97 Å². The zero-order valence-corrected chi connectivity index (χ0v) is 9.19. The van der Waals surface area contributed by atoms with Crippen molar-refractivity contribution in [3.8, 4) is 0 Å². The number of rotatable bonds is 5. The molecule has 0 fully saturated rings. The first-order valence-electron chi connectivity index (χ1n) is 3.99. The van der Waals surface area contributed by atoms with E-state index in [1.165, 1.54) is 0 Å². The number of carbonyl (C=O) groups excluding carboxylic acids is 1. The van der Waals surface area contributed by atoms with Crippen molar-refractivity contribution in [2.45, 2.75) is 32.3 Å². The number of esters is 1. The van der Waals surface area contributed by atoms with E-state index in [0.29, 0.717) is 24.7 Å². The summed E-state index contributed by atoms with van der Waals surface area (Å²) < 4.78 is 5.15. The maximum absolute atomic E-state index is 11.1. The van der Waals surface area contributed by atoms with Crippen LogP contribution >= 0.6 is 15.9 Å². The Balaban J connectivity index is 3.68. The Morgan fingerprint density at radius 3 is 2.58 bits per heavy atom. The van der Waals surface area contributed by atoms with Gasteiger partial charge >= 0.3 is 5.97 Å². The highest BCUT2D eigenvalue weighted by molar-refractivity contribution is 9.09. The Labute approximate surface area is 81.8 Å². The van der Waals surface area contributed by atoms with E-state index < -0.39 is 5.60 Å². The van der Waals surface area contributed by atoms with Crippen molar-refractivity contribution in [2.75, 3.05) is 11.9 Å². The van der Waals surface area contributed by atoms with Crippen LogP contribution in [-0.2, 0) is 9.53 Å². The van der Waals surface area contributed by atoms with E-state index in [1.807, 2.05) is 13.8 Å². The Kier molecular flexibility index (Phi) is 5.50. The molecule has 0 heterocycles. The quantitative estimate of drug-likeness (QED) is 0.582. The summed E-state index contributed by atoms with van der Waals surface area (Å²) in [4.78, 5) is 11.1. The third kappa shape index (κ3) is 5.55. The summed E-state index contributed by atoms with van der Waals surface area (Å²) in [5.41, 5.74) is 4.85. The van der Waals surface area contributed by atoms with Gasteiger partial charge in [0.05, 0.1) is 0 Å². The molecule has 12 heavy (non-hydrogen) atoms. The molecule has 0 aliphatic heterocycles. The average molecular weight is 238 g/mol. The molecular weight excluding hydrogens is 222 g/mol. The zero-order valence-electron chi connectivity index (χ0n) is 7.60. The largest absolute Gasteiger partial charge is 0.459 e. The Hall–Kier alpha value is -0.0900. The molecule has 0 radical (unpaired) electrons. The van der Waals surface area contributed by atoms with E-state index in [2.05, 4.69) is 15.9 Å². The number of hydrogen-bond acceptors (Lipinski definition) is 3. The van der Waals surface area contributed by atoms with Crippen LogP contribution in [0.2, 0.25) is 0 Å². The summed E-state index contributed by atoms with van der Waals surface area (Å²) in [6, 6.07) is 0. The van der Waals surface area contributed by atoms with Gasteiger partial charge in [0.25, 0.3) is 0 Å². The summed E-state index contributed by atoms with van der Waals surface area (Å²) in [5, 5.41) is 0.647. The zero-order chi connectivity index (χ0) is 9.61. The summed E-state index contributed by atoms with van der Waals surface area (Å²) in [6.07, 6.45) is 1.10. The minimum absolute atomic E-state index is 0.176. The van der Waals surface area contributed by atoms with Gasteiger partial charge in [0.15, 0.2) is 0 Å². The molecule has 0 bridgehead atoms. The van der Waals surface area contributed by atoms with Gasteiger partial charge in [0, 0.05) is 11.8 Å². The van der Waals surface area contributed by atoms with Crippen molar-refractivity contribution in [3.05, 3.63) is 0 Å². The van der Waals surface area contributed by atoms with E-state index in [9.17, 15) is 4.79 Å². The SMILES string of the molecule is CC(C)(CBr)OC(=O)CCCN. The van der Waals surface area contributed by atoms with E-state index >= 15 is 0 Å². The molecule has 3 nitrogen and oxygen atoms in total. The lowest BCUT2D eigenvalue weighted by Gasteiger charge is -2.22. The van der Waals surface area contributed by atoms with Crippen LogP contribution in [0.3, 0.4) is 0 Å². The first-order valence-corrected chi connectivity index (χ1v) is 5.12. The molecule has 0 saturated heterocycles.